The van der Waals surface area contributed by atoms with E-state index in [4.69, 9.17) is 5.73 Å². The molecule has 0 aromatic heterocycles. The maximum absolute atomic E-state index is 13.0. The van der Waals surface area contributed by atoms with Crippen LogP contribution < -0.4 is 5.73 Å². The molecule has 0 spiro atoms. The van der Waals surface area contributed by atoms with Crippen LogP contribution in [0.3, 0.4) is 0 Å². The Morgan fingerprint density at radius 2 is 2.31 bits per heavy atom. The molecule has 1 heterocycles. The number of hydrogen-bond acceptors (Lipinski definition) is 2. The average molecular weight is 222 g/mol. The van der Waals surface area contributed by atoms with Gasteiger partial charge in [-0.3, -0.25) is 4.79 Å². The van der Waals surface area contributed by atoms with Crippen LogP contribution in [0.1, 0.15) is 18.9 Å². The van der Waals surface area contributed by atoms with Crippen molar-refractivity contribution in [1.82, 2.24) is 4.90 Å². The summed E-state index contributed by atoms with van der Waals surface area (Å²) in [5, 5.41) is 0. The van der Waals surface area contributed by atoms with E-state index >= 15 is 0 Å². The van der Waals surface area contributed by atoms with Gasteiger partial charge >= 0.3 is 0 Å². The normalized spacial score (nSPS) is 20.5. The van der Waals surface area contributed by atoms with Crippen molar-refractivity contribution >= 4 is 11.6 Å². The van der Waals surface area contributed by atoms with Crippen LogP contribution >= 0.6 is 0 Å². The molecule has 1 fully saturated rings. The van der Waals surface area contributed by atoms with Crippen molar-refractivity contribution < 1.29 is 9.18 Å². The van der Waals surface area contributed by atoms with E-state index < -0.39 is 0 Å². The van der Waals surface area contributed by atoms with Crippen LogP contribution in [0.4, 0.5) is 10.1 Å². The number of nitrogens with zero attached hydrogens (tertiary/aromatic N) is 1. The van der Waals surface area contributed by atoms with Crippen molar-refractivity contribution in [3.8, 4) is 0 Å². The second kappa shape index (κ2) is 4.12. The molecular formula is C12H15FN2O. The molecule has 4 heteroatoms. The molecule has 1 aromatic rings. The SMILES string of the molecule is CC1CC(=O)N(Cc2cc(F)ccc2N)C1. The zero-order chi connectivity index (χ0) is 11.7. The predicted molar refractivity (Wildman–Crippen MR) is 60.0 cm³/mol. The van der Waals surface area contributed by atoms with E-state index in [1.165, 1.54) is 18.2 Å². The zero-order valence-corrected chi connectivity index (χ0v) is 9.24. The van der Waals surface area contributed by atoms with E-state index in [1.54, 1.807) is 4.90 Å². The number of benzene rings is 1. The predicted octanol–water partition coefficient (Wildman–Crippen LogP) is 1.78. The zero-order valence-electron chi connectivity index (χ0n) is 9.24. The van der Waals surface area contributed by atoms with Gasteiger partial charge in [0.1, 0.15) is 5.82 Å². The van der Waals surface area contributed by atoms with Crippen molar-refractivity contribution in [2.45, 2.75) is 19.9 Å². The van der Waals surface area contributed by atoms with E-state index in [1.807, 2.05) is 6.92 Å². The lowest BCUT2D eigenvalue weighted by Crippen LogP contribution is -2.25. The van der Waals surface area contributed by atoms with Gasteiger partial charge in [0.2, 0.25) is 5.91 Å². The summed E-state index contributed by atoms with van der Waals surface area (Å²) in [5.41, 5.74) is 6.96. The molecular weight excluding hydrogens is 207 g/mol. The third kappa shape index (κ3) is 2.15. The van der Waals surface area contributed by atoms with Gasteiger partial charge in [0.15, 0.2) is 0 Å². The monoisotopic (exact) mass is 222 g/mol. The number of halogens is 1. The van der Waals surface area contributed by atoms with Gasteiger partial charge < -0.3 is 10.6 Å². The highest BCUT2D eigenvalue weighted by Crippen LogP contribution is 2.22. The molecule has 86 valence electrons. The maximum atomic E-state index is 13.0. The van der Waals surface area contributed by atoms with Crippen molar-refractivity contribution in [3.63, 3.8) is 0 Å². The summed E-state index contributed by atoms with van der Waals surface area (Å²) in [6.07, 6.45) is 0.579. The fourth-order valence-electron chi connectivity index (χ4n) is 2.04. The van der Waals surface area contributed by atoms with E-state index in [0.717, 1.165) is 6.54 Å². The molecule has 0 saturated carbocycles. The minimum atomic E-state index is -0.316. The average Bonchev–Trinajstić information content (AvgIpc) is 2.51. The van der Waals surface area contributed by atoms with Gasteiger partial charge in [-0.25, -0.2) is 4.39 Å². The summed E-state index contributed by atoms with van der Waals surface area (Å²) >= 11 is 0. The van der Waals surface area contributed by atoms with Crippen LogP contribution in [0.15, 0.2) is 18.2 Å². The molecule has 0 aliphatic carbocycles. The Morgan fingerprint density at radius 3 is 2.94 bits per heavy atom. The minimum absolute atomic E-state index is 0.121. The molecule has 16 heavy (non-hydrogen) atoms. The number of carbonyl (C=O) groups is 1. The molecule has 1 saturated heterocycles. The molecule has 2 rings (SSSR count). The first-order chi connectivity index (χ1) is 7.56. The smallest absolute Gasteiger partial charge is 0.223 e. The van der Waals surface area contributed by atoms with Gasteiger partial charge in [0.05, 0.1) is 0 Å². The third-order valence-corrected chi connectivity index (χ3v) is 2.87. The first-order valence-corrected chi connectivity index (χ1v) is 5.38. The standard InChI is InChI=1S/C12H15FN2O/c1-8-4-12(16)15(6-8)7-9-5-10(13)2-3-11(9)14/h2-3,5,8H,4,6-7,14H2,1H3. The molecule has 1 aliphatic heterocycles. The first kappa shape index (κ1) is 10.9. The molecule has 1 atom stereocenters. The topological polar surface area (TPSA) is 46.3 Å². The lowest BCUT2D eigenvalue weighted by Gasteiger charge is -2.17. The molecule has 2 N–H and O–H groups in total. The minimum Gasteiger partial charge on any atom is -0.398 e. The summed E-state index contributed by atoms with van der Waals surface area (Å²) in [6, 6.07) is 4.26. The highest BCUT2D eigenvalue weighted by molar-refractivity contribution is 5.78. The van der Waals surface area contributed by atoms with Gasteiger partial charge in [-0.2, -0.15) is 0 Å². The van der Waals surface area contributed by atoms with Crippen molar-refractivity contribution in [2.24, 2.45) is 5.92 Å². The summed E-state index contributed by atoms with van der Waals surface area (Å²) in [5.74, 6) is 0.183. The van der Waals surface area contributed by atoms with Gasteiger partial charge in [-0.05, 0) is 29.7 Å². The highest BCUT2D eigenvalue weighted by Gasteiger charge is 2.26. The van der Waals surface area contributed by atoms with Crippen LogP contribution in [0.2, 0.25) is 0 Å². The second-order valence-electron chi connectivity index (χ2n) is 4.43. The first-order valence-electron chi connectivity index (χ1n) is 5.38. The highest BCUT2D eigenvalue weighted by atomic mass is 19.1. The molecule has 3 nitrogen and oxygen atoms in total. The maximum Gasteiger partial charge on any atom is 0.223 e. The number of rotatable bonds is 2. The number of carbonyl (C=O) groups excluding carboxylic acids is 1. The fourth-order valence-corrected chi connectivity index (χ4v) is 2.04. The van der Waals surface area contributed by atoms with Gasteiger partial charge in [0.25, 0.3) is 0 Å². The van der Waals surface area contributed by atoms with E-state index in [2.05, 4.69) is 0 Å². The van der Waals surface area contributed by atoms with E-state index in [0.29, 0.717) is 30.1 Å². The Morgan fingerprint density at radius 1 is 1.56 bits per heavy atom. The fraction of sp³-hybridized carbons (Fsp3) is 0.417. The Balaban J connectivity index is 2.15. The summed E-state index contributed by atoms with van der Waals surface area (Å²) in [6.45, 7) is 3.17. The molecule has 1 unspecified atom stereocenters. The lowest BCUT2D eigenvalue weighted by molar-refractivity contribution is -0.128. The number of amides is 1. The van der Waals surface area contributed by atoms with Crippen LogP contribution in [-0.4, -0.2) is 17.4 Å². The summed E-state index contributed by atoms with van der Waals surface area (Å²) in [7, 11) is 0. The Bertz CT molecular complexity index is 419. The number of anilines is 1. The number of hydrogen-bond donors (Lipinski definition) is 1. The Kier molecular flexibility index (Phi) is 2.81. The summed E-state index contributed by atoms with van der Waals surface area (Å²) in [4.78, 5) is 13.3. The van der Waals surface area contributed by atoms with E-state index in [9.17, 15) is 9.18 Å². The largest absolute Gasteiger partial charge is 0.398 e. The van der Waals surface area contributed by atoms with Crippen molar-refractivity contribution in [2.75, 3.05) is 12.3 Å². The van der Waals surface area contributed by atoms with Crippen molar-refractivity contribution in [1.29, 1.82) is 0 Å². The Hall–Kier alpha value is -1.58. The second-order valence-corrected chi connectivity index (χ2v) is 4.43. The molecule has 0 bridgehead atoms. The quantitative estimate of drug-likeness (QED) is 0.775. The van der Waals surface area contributed by atoms with Gasteiger partial charge in [-0.1, -0.05) is 6.92 Å². The van der Waals surface area contributed by atoms with Crippen LogP contribution in [0, 0.1) is 11.7 Å². The van der Waals surface area contributed by atoms with Crippen LogP contribution in [-0.2, 0) is 11.3 Å². The summed E-state index contributed by atoms with van der Waals surface area (Å²) < 4.78 is 13.0. The van der Waals surface area contributed by atoms with Gasteiger partial charge in [-0.15, -0.1) is 0 Å². The van der Waals surface area contributed by atoms with E-state index in [-0.39, 0.29) is 11.7 Å². The molecule has 1 aliphatic rings. The van der Waals surface area contributed by atoms with Gasteiger partial charge in [0, 0.05) is 25.2 Å². The molecule has 0 radical (unpaired) electrons. The third-order valence-electron chi connectivity index (χ3n) is 2.87. The molecule has 1 amide bonds. The number of nitrogens with two attached hydrogens (primary N) is 1. The van der Waals surface area contributed by atoms with Crippen LogP contribution in [0.25, 0.3) is 0 Å². The van der Waals surface area contributed by atoms with Crippen molar-refractivity contribution in [3.05, 3.63) is 29.6 Å². The number of likely N-dealkylation sites (tertiary alicyclic amines) is 1. The van der Waals surface area contributed by atoms with Crippen LogP contribution in [0.5, 0.6) is 0 Å². The molecule has 1 aromatic carbocycles. The Labute approximate surface area is 94.0 Å². The lowest BCUT2D eigenvalue weighted by atomic mass is 10.1. The number of nitrogen functional groups attached to an aromatic ring is 1.